The molecule has 84 valence electrons. The second-order valence-electron chi connectivity index (χ2n) is 3.66. The highest BCUT2D eigenvalue weighted by Gasteiger charge is 2.24. The minimum absolute atomic E-state index is 0.420. The van der Waals surface area contributed by atoms with Crippen molar-refractivity contribution in [2.45, 2.75) is 19.4 Å². The molecule has 0 amide bonds. The van der Waals surface area contributed by atoms with E-state index in [1.165, 1.54) is 0 Å². The maximum atomic E-state index is 6.13. The lowest BCUT2D eigenvalue weighted by Gasteiger charge is -2.26. The molecule has 15 heavy (non-hydrogen) atoms. The Morgan fingerprint density at radius 3 is 2.67 bits per heavy atom. The second kappa shape index (κ2) is 5.17. The molecule has 0 heterocycles. The zero-order valence-corrected chi connectivity index (χ0v) is 10.4. The molecule has 1 atom stereocenters. The van der Waals surface area contributed by atoms with E-state index in [-0.39, 0.29) is 0 Å². The van der Waals surface area contributed by atoms with Crippen LogP contribution in [0.2, 0.25) is 10.0 Å². The van der Waals surface area contributed by atoms with Gasteiger partial charge in [-0.05, 0) is 25.5 Å². The van der Waals surface area contributed by atoms with E-state index in [2.05, 4.69) is 0 Å². The molecule has 1 unspecified atom stereocenters. The topological polar surface area (TPSA) is 35.2 Å². The summed E-state index contributed by atoms with van der Waals surface area (Å²) in [5, 5.41) is 1.02. The van der Waals surface area contributed by atoms with Gasteiger partial charge in [0.05, 0.1) is 22.2 Å². The molecular formula is C11H15Cl2NO. The van der Waals surface area contributed by atoms with Gasteiger partial charge in [0.15, 0.2) is 0 Å². The lowest BCUT2D eigenvalue weighted by Crippen LogP contribution is -2.38. The zero-order chi connectivity index (χ0) is 11.5. The van der Waals surface area contributed by atoms with Gasteiger partial charge in [-0.2, -0.15) is 0 Å². The average molecular weight is 248 g/mol. The summed E-state index contributed by atoms with van der Waals surface area (Å²) in [4.78, 5) is 0. The van der Waals surface area contributed by atoms with Crippen LogP contribution in [0.4, 0.5) is 0 Å². The van der Waals surface area contributed by atoms with E-state index in [9.17, 15) is 0 Å². The molecule has 0 aliphatic heterocycles. The largest absolute Gasteiger partial charge is 0.379 e. The fourth-order valence-corrected chi connectivity index (χ4v) is 1.85. The Labute approximate surface area is 100 Å². The number of hydrogen-bond donors (Lipinski definition) is 1. The highest BCUT2D eigenvalue weighted by molar-refractivity contribution is 6.42. The fraction of sp³-hybridized carbons (Fsp3) is 0.455. The van der Waals surface area contributed by atoms with Crippen molar-refractivity contribution in [2.24, 2.45) is 5.73 Å². The molecule has 2 nitrogen and oxygen atoms in total. The van der Waals surface area contributed by atoms with E-state index < -0.39 is 5.54 Å². The van der Waals surface area contributed by atoms with Crippen LogP contribution in [-0.4, -0.2) is 13.2 Å². The summed E-state index contributed by atoms with van der Waals surface area (Å²) in [6, 6.07) is 5.44. The molecule has 1 aromatic rings. The monoisotopic (exact) mass is 247 g/mol. The van der Waals surface area contributed by atoms with Crippen molar-refractivity contribution in [1.29, 1.82) is 0 Å². The third-order valence-corrected chi connectivity index (χ3v) is 2.99. The average Bonchev–Trinajstić information content (AvgIpc) is 2.19. The van der Waals surface area contributed by atoms with Crippen molar-refractivity contribution in [3.63, 3.8) is 0 Å². The lowest BCUT2D eigenvalue weighted by atomic mass is 9.94. The summed E-state index contributed by atoms with van der Waals surface area (Å²) in [5.74, 6) is 0. The van der Waals surface area contributed by atoms with Crippen LogP contribution < -0.4 is 5.73 Å². The van der Waals surface area contributed by atoms with Gasteiger partial charge in [0.1, 0.15) is 0 Å². The number of halogens is 2. The zero-order valence-electron chi connectivity index (χ0n) is 8.89. The Kier molecular flexibility index (Phi) is 4.41. The van der Waals surface area contributed by atoms with Crippen LogP contribution >= 0.6 is 23.2 Å². The van der Waals surface area contributed by atoms with Gasteiger partial charge in [0, 0.05) is 6.61 Å². The van der Waals surface area contributed by atoms with Gasteiger partial charge < -0.3 is 10.5 Å². The number of hydrogen-bond acceptors (Lipinski definition) is 2. The molecule has 0 spiro atoms. The maximum absolute atomic E-state index is 6.13. The molecule has 0 aromatic heterocycles. The molecule has 1 rings (SSSR count). The van der Waals surface area contributed by atoms with Crippen LogP contribution in [0.1, 0.15) is 19.4 Å². The summed E-state index contributed by atoms with van der Waals surface area (Å²) in [7, 11) is 0. The van der Waals surface area contributed by atoms with Crippen molar-refractivity contribution in [3.05, 3.63) is 33.8 Å². The van der Waals surface area contributed by atoms with E-state index in [0.29, 0.717) is 23.3 Å². The summed E-state index contributed by atoms with van der Waals surface area (Å²) < 4.78 is 5.32. The summed E-state index contributed by atoms with van der Waals surface area (Å²) in [5.41, 5.74) is 6.32. The molecule has 0 aliphatic rings. The minimum atomic E-state index is -0.613. The van der Waals surface area contributed by atoms with Crippen molar-refractivity contribution in [3.8, 4) is 0 Å². The summed E-state index contributed by atoms with van der Waals surface area (Å²) in [6.07, 6.45) is 0. The molecule has 0 saturated carbocycles. The van der Waals surface area contributed by atoms with Crippen molar-refractivity contribution in [2.75, 3.05) is 13.2 Å². The van der Waals surface area contributed by atoms with E-state index in [1.807, 2.05) is 26.0 Å². The SMILES string of the molecule is CCOCC(C)(N)c1cccc(Cl)c1Cl. The summed E-state index contributed by atoms with van der Waals surface area (Å²) in [6.45, 7) is 4.85. The normalized spacial score (nSPS) is 15.0. The Bertz CT molecular complexity index is 339. The second-order valence-corrected chi connectivity index (χ2v) is 4.44. The molecule has 2 N–H and O–H groups in total. The number of benzene rings is 1. The third-order valence-electron chi connectivity index (χ3n) is 2.17. The number of ether oxygens (including phenoxy) is 1. The Hall–Kier alpha value is -0.280. The fourth-order valence-electron chi connectivity index (χ4n) is 1.34. The molecule has 0 aliphatic carbocycles. The minimum Gasteiger partial charge on any atom is -0.379 e. The van der Waals surface area contributed by atoms with Gasteiger partial charge in [-0.1, -0.05) is 35.3 Å². The quantitative estimate of drug-likeness (QED) is 0.887. The molecule has 0 saturated heterocycles. The van der Waals surface area contributed by atoms with Gasteiger partial charge >= 0.3 is 0 Å². The Morgan fingerprint density at radius 1 is 1.40 bits per heavy atom. The number of rotatable bonds is 4. The van der Waals surface area contributed by atoms with Crippen LogP contribution in [0.15, 0.2) is 18.2 Å². The van der Waals surface area contributed by atoms with Crippen LogP contribution in [0.3, 0.4) is 0 Å². The third kappa shape index (κ3) is 3.08. The highest BCUT2D eigenvalue weighted by Crippen LogP contribution is 2.31. The van der Waals surface area contributed by atoms with Crippen molar-refractivity contribution in [1.82, 2.24) is 0 Å². The smallest absolute Gasteiger partial charge is 0.0685 e. The molecule has 0 radical (unpaired) electrons. The first kappa shape index (κ1) is 12.8. The molecule has 0 fully saturated rings. The first-order chi connectivity index (χ1) is 6.99. The molecule has 1 aromatic carbocycles. The van der Waals surface area contributed by atoms with Gasteiger partial charge in [-0.3, -0.25) is 0 Å². The van der Waals surface area contributed by atoms with E-state index >= 15 is 0 Å². The highest BCUT2D eigenvalue weighted by atomic mass is 35.5. The molecular weight excluding hydrogens is 233 g/mol. The van der Waals surface area contributed by atoms with Gasteiger partial charge in [-0.25, -0.2) is 0 Å². The predicted molar refractivity (Wildman–Crippen MR) is 64.5 cm³/mol. The first-order valence-electron chi connectivity index (χ1n) is 4.80. The van der Waals surface area contributed by atoms with Crippen molar-refractivity contribution < 1.29 is 4.74 Å². The number of nitrogens with two attached hydrogens (primary N) is 1. The van der Waals surface area contributed by atoms with Crippen LogP contribution in [0.25, 0.3) is 0 Å². The first-order valence-corrected chi connectivity index (χ1v) is 5.55. The standard InChI is InChI=1S/C11H15Cl2NO/c1-3-15-7-11(2,14)8-5-4-6-9(12)10(8)13/h4-6H,3,7,14H2,1-2H3. The van der Waals surface area contributed by atoms with E-state index in [0.717, 1.165) is 5.56 Å². The lowest BCUT2D eigenvalue weighted by molar-refractivity contribution is 0.101. The maximum Gasteiger partial charge on any atom is 0.0685 e. The van der Waals surface area contributed by atoms with Crippen molar-refractivity contribution >= 4 is 23.2 Å². The Morgan fingerprint density at radius 2 is 2.07 bits per heavy atom. The van der Waals surface area contributed by atoms with Gasteiger partial charge in [0.25, 0.3) is 0 Å². The Balaban J connectivity index is 2.98. The van der Waals surface area contributed by atoms with Gasteiger partial charge in [-0.15, -0.1) is 0 Å². The van der Waals surface area contributed by atoms with Crippen LogP contribution in [0.5, 0.6) is 0 Å². The summed E-state index contributed by atoms with van der Waals surface area (Å²) >= 11 is 12.0. The van der Waals surface area contributed by atoms with Gasteiger partial charge in [0.2, 0.25) is 0 Å². The molecule has 4 heteroatoms. The van der Waals surface area contributed by atoms with E-state index in [4.69, 9.17) is 33.7 Å². The van der Waals surface area contributed by atoms with E-state index in [1.54, 1.807) is 6.07 Å². The van der Waals surface area contributed by atoms with Crippen LogP contribution in [-0.2, 0) is 10.3 Å². The molecule has 0 bridgehead atoms. The predicted octanol–water partition coefficient (Wildman–Crippen LogP) is 3.20. The van der Waals surface area contributed by atoms with Crippen LogP contribution in [0, 0.1) is 0 Å².